The quantitative estimate of drug-likeness (QED) is 0.896. The van der Waals surface area contributed by atoms with Gasteiger partial charge in [0.05, 0.1) is 5.56 Å². The van der Waals surface area contributed by atoms with Crippen LogP contribution in [0.15, 0.2) is 30.3 Å². The standard InChI is InChI=1S/C21H25N3O2/c1-14-12-19(15(2)24(14)18-9-10-18)21(26)22-13-16-5-7-17(8-6-16)23-11-3-4-20(23)25/h5-8,12,18H,3-4,9-11,13H2,1-2H3,(H,22,26). The molecule has 2 amide bonds. The van der Waals surface area contributed by atoms with Crippen LogP contribution < -0.4 is 10.2 Å². The molecule has 2 heterocycles. The molecule has 1 aromatic heterocycles. The second-order valence-corrected chi connectivity index (χ2v) is 7.38. The van der Waals surface area contributed by atoms with Crippen LogP contribution in [0, 0.1) is 13.8 Å². The highest BCUT2D eigenvalue weighted by atomic mass is 16.2. The minimum absolute atomic E-state index is 0.0243. The van der Waals surface area contributed by atoms with Crippen LogP contribution in [-0.2, 0) is 11.3 Å². The topological polar surface area (TPSA) is 54.3 Å². The molecule has 136 valence electrons. The zero-order valence-electron chi connectivity index (χ0n) is 15.4. The highest BCUT2D eigenvalue weighted by molar-refractivity contribution is 5.96. The van der Waals surface area contributed by atoms with Crippen molar-refractivity contribution >= 4 is 17.5 Å². The van der Waals surface area contributed by atoms with Gasteiger partial charge in [-0.3, -0.25) is 9.59 Å². The number of aromatic nitrogens is 1. The molecule has 0 unspecified atom stereocenters. The number of nitrogens with zero attached hydrogens (tertiary/aromatic N) is 2. The number of carbonyl (C=O) groups excluding carboxylic acids is 2. The molecule has 1 aliphatic carbocycles. The maximum absolute atomic E-state index is 12.6. The third-order valence-electron chi connectivity index (χ3n) is 5.42. The van der Waals surface area contributed by atoms with Crippen LogP contribution in [0.25, 0.3) is 0 Å². The van der Waals surface area contributed by atoms with Gasteiger partial charge in [0.15, 0.2) is 0 Å². The van der Waals surface area contributed by atoms with Crippen LogP contribution >= 0.6 is 0 Å². The van der Waals surface area contributed by atoms with E-state index in [1.807, 2.05) is 42.2 Å². The van der Waals surface area contributed by atoms with Crippen LogP contribution in [0.4, 0.5) is 5.69 Å². The van der Waals surface area contributed by atoms with Crippen molar-refractivity contribution in [1.29, 1.82) is 0 Å². The van der Waals surface area contributed by atoms with E-state index in [2.05, 4.69) is 16.8 Å². The molecule has 0 radical (unpaired) electrons. The van der Waals surface area contributed by atoms with Crippen LogP contribution in [0.2, 0.25) is 0 Å². The molecule has 5 heteroatoms. The number of benzene rings is 1. The lowest BCUT2D eigenvalue weighted by molar-refractivity contribution is -0.117. The predicted molar refractivity (Wildman–Crippen MR) is 101 cm³/mol. The van der Waals surface area contributed by atoms with Crippen molar-refractivity contribution in [3.05, 3.63) is 52.8 Å². The largest absolute Gasteiger partial charge is 0.348 e. The van der Waals surface area contributed by atoms with E-state index in [4.69, 9.17) is 0 Å². The molecule has 2 aromatic rings. The fraction of sp³-hybridized carbons (Fsp3) is 0.429. The van der Waals surface area contributed by atoms with Gasteiger partial charge in [0, 0.05) is 42.6 Å². The van der Waals surface area contributed by atoms with E-state index in [0.717, 1.165) is 41.2 Å². The molecule has 1 N–H and O–H groups in total. The van der Waals surface area contributed by atoms with Crippen LogP contribution in [0.5, 0.6) is 0 Å². The molecule has 26 heavy (non-hydrogen) atoms. The molecule has 2 aliphatic rings. The van der Waals surface area contributed by atoms with Crippen molar-refractivity contribution in [3.8, 4) is 0 Å². The van der Waals surface area contributed by atoms with Gasteiger partial charge in [0.1, 0.15) is 0 Å². The number of aryl methyl sites for hydroxylation is 1. The maximum Gasteiger partial charge on any atom is 0.253 e. The summed E-state index contributed by atoms with van der Waals surface area (Å²) < 4.78 is 2.29. The van der Waals surface area contributed by atoms with E-state index in [0.29, 0.717) is 19.0 Å². The Morgan fingerprint density at radius 1 is 1.19 bits per heavy atom. The molecule has 2 fully saturated rings. The highest BCUT2D eigenvalue weighted by Gasteiger charge is 2.28. The molecule has 1 saturated heterocycles. The van der Waals surface area contributed by atoms with Gasteiger partial charge >= 0.3 is 0 Å². The van der Waals surface area contributed by atoms with Crippen LogP contribution in [-0.4, -0.2) is 22.9 Å². The van der Waals surface area contributed by atoms with Gasteiger partial charge in [-0.1, -0.05) is 12.1 Å². The van der Waals surface area contributed by atoms with Gasteiger partial charge < -0.3 is 14.8 Å². The molecule has 5 nitrogen and oxygen atoms in total. The van der Waals surface area contributed by atoms with Crippen molar-refractivity contribution in [2.75, 3.05) is 11.4 Å². The van der Waals surface area contributed by atoms with Crippen molar-refractivity contribution < 1.29 is 9.59 Å². The van der Waals surface area contributed by atoms with Crippen LogP contribution in [0.3, 0.4) is 0 Å². The summed E-state index contributed by atoms with van der Waals surface area (Å²) in [5.41, 5.74) is 4.97. The zero-order valence-corrected chi connectivity index (χ0v) is 15.4. The van der Waals surface area contributed by atoms with Gasteiger partial charge in [0.25, 0.3) is 5.91 Å². The molecule has 1 aromatic carbocycles. The lowest BCUT2D eigenvalue weighted by atomic mass is 10.2. The number of rotatable bonds is 5. The minimum Gasteiger partial charge on any atom is -0.348 e. The van der Waals surface area contributed by atoms with E-state index in [-0.39, 0.29) is 11.8 Å². The number of amides is 2. The summed E-state index contributed by atoms with van der Waals surface area (Å²) in [6, 6.07) is 10.5. The zero-order chi connectivity index (χ0) is 18.3. The highest BCUT2D eigenvalue weighted by Crippen LogP contribution is 2.38. The molecule has 1 saturated carbocycles. The lowest BCUT2D eigenvalue weighted by Crippen LogP contribution is -2.24. The molecule has 1 aliphatic heterocycles. The van der Waals surface area contributed by atoms with E-state index < -0.39 is 0 Å². The second kappa shape index (κ2) is 6.63. The van der Waals surface area contributed by atoms with E-state index >= 15 is 0 Å². The minimum atomic E-state index is -0.0243. The molecular formula is C21H25N3O2. The first kappa shape index (κ1) is 16.9. The van der Waals surface area contributed by atoms with Crippen molar-refractivity contribution in [3.63, 3.8) is 0 Å². The summed E-state index contributed by atoms with van der Waals surface area (Å²) in [6.07, 6.45) is 3.99. The van der Waals surface area contributed by atoms with Crippen LogP contribution in [0.1, 0.15) is 59.0 Å². The number of hydrogen-bond donors (Lipinski definition) is 1. The Kier molecular flexibility index (Phi) is 4.31. The molecule has 4 rings (SSSR count). The third kappa shape index (κ3) is 3.14. The maximum atomic E-state index is 12.6. The Bertz CT molecular complexity index is 847. The number of hydrogen-bond acceptors (Lipinski definition) is 2. The Morgan fingerprint density at radius 2 is 1.92 bits per heavy atom. The predicted octanol–water partition coefficient (Wildman–Crippen LogP) is 3.50. The molecular weight excluding hydrogens is 326 g/mol. The van der Waals surface area contributed by atoms with E-state index in [9.17, 15) is 9.59 Å². The van der Waals surface area contributed by atoms with E-state index in [1.165, 1.54) is 12.8 Å². The third-order valence-corrected chi connectivity index (χ3v) is 5.42. The average Bonchev–Trinajstić information content (AvgIpc) is 3.30. The van der Waals surface area contributed by atoms with Gasteiger partial charge in [-0.15, -0.1) is 0 Å². The fourth-order valence-corrected chi connectivity index (χ4v) is 3.89. The van der Waals surface area contributed by atoms with Gasteiger partial charge in [0.2, 0.25) is 5.91 Å². The Hall–Kier alpha value is -2.56. The number of anilines is 1. The molecule has 0 atom stereocenters. The number of nitrogens with one attached hydrogen (secondary N) is 1. The second-order valence-electron chi connectivity index (χ2n) is 7.38. The smallest absolute Gasteiger partial charge is 0.253 e. The van der Waals surface area contributed by atoms with Gasteiger partial charge in [-0.05, 0) is 56.9 Å². The first-order chi connectivity index (χ1) is 12.5. The monoisotopic (exact) mass is 351 g/mol. The first-order valence-electron chi connectivity index (χ1n) is 9.40. The van der Waals surface area contributed by atoms with Gasteiger partial charge in [-0.25, -0.2) is 0 Å². The summed E-state index contributed by atoms with van der Waals surface area (Å²) in [4.78, 5) is 26.2. The Morgan fingerprint density at radius 3 is 2.54 bits per heavy atom. The van der Waals surface area contributed by atoms with E-state index in [1.54, 1.807) is 0 Å². The molecule has 0 spiro atoms. The summed E-state index contributed by atoms with van der Waals surface area (Å²) in [5, 5.41) is 3.02. The molecule has 0 bridgehead atoms. The Balaban J connectivity index is 1.40. The first-order valence-corrected chi connectivity index (χ1v) is 9.40. The summed E-state index contributed by atoms with van der Waals surface area (Å²) >= 11 is 0. The average molecular weight is 351 g/mol. The number of carbonyl (C=O) groups is 2. The van der Waals surface area contributed by atoms with Crippen molar-refractivity contribution in [2.45, 2.75) is 52.1 Å². The van der Waals surface area contributed by atoms with Crippen molar-refractivity contribution in [1.82, 2.24) is 9.88 Å². The fourth-order valence-electron chi connectivity index (χ4n) is 3.89. The Labute approximate surface area is 154 Å². The lowest BCUT2D eigenvalue weighted by Gasteiger charge is -2.16. The normalized spacial score (nSPS) is 17.0. The SMILES string of the molecule is Cc1cc(C(=O)NCc2ccc(N3CCCC3=O)cc2)c(C)n1C1CC1. The van der Waals surface area contributed by atoms with Gasteiger partial charge in [-0.2, -0.15) is 0 Å². The van der Waals surface area contributed by atoms with Crippen molar-refractivity contribution in [2.24, 2.45) is 0 Å². The summed E-state index contributed by atoms with van der Waals surface area (Å²) in [6.45, 7) is 5.38. The summed E-state index contributed by atoms with van der Waals surface area (Å²) in [7, 11) is 0. The summed E-state index contributed by atoms with van der Waals surface area (Å²) in [5.74, 6) is 0.167.